The van der Waals surface area contributed by atoms with E-state index >= 15 is 0 Å². The molecule has 0 spiro atoms. The van der Waals surface area contributed by atoms with Crippen molar-refractivity contribution in [3.8, 4) is 5.75 Å². The van der Waals surface area contributed by atoms with E-state index in [1.54, 1.807) is 19.2 Å². The van der Waals surface area contributed by atoms with Crippen molar-refractivity contribution in [3.63, 3.8) is 0 Å². The molecule has 4 rings (SSSR count). The van der Waals surface area contributed by atoms with Gasteiger partial charge in [-0.15, -0.1) is 0 Å². The highest BCUT2D eigenvalue weighted by Gasteiger charge is 2.26. The lowest BCUT2D eigenvalue weighted by Gasteiger charge is -2.25. The van der Waals surface area contributed by atoms with Crippen LogP contribution < -0.4 is 10.1 Å². The Labute approximate surface area is 248 Å². The third kappa shape index (κ3) is 7.93. The summed E-state index contributed by atoms with van der Waals surface area (Å²) in [7, 11) is 1.62. The molecule has 0 fully saturated rings. The molecule has 4 aromatic rings. The Morgan fingerprint density at radius 1 is 1.02 bits per heavy atom. The molecule has 2 atom stereocenters. The fourth-order valence-corrected chi connectivity index (χ4v) is 5.17. The first kappa shape index (κ1) is 30.7. The van der Waals surface area contributed by atoms with Crippen molar-refractivity contribution in [3.05, 3.63) is 95.2 Å². The smallest absolute Gasteiger partial charge is 0.305 e. The van der Waals surface area contributed by atoms with Crippen LogP contribution in [-0.4, -0.2) is 35.5 Å². The predicted molar refractivity (Wildman–Crippen MR) is 167 cm³/mol. The van der Waals surface area contributed by atoms with Crippen molar-refractivity contribution >= 4 is 28.5 Å². The number of benzene rings is 3. The van der Waals surface area contributed by atoms with E-state index in [2.05, 4.69) is 44.3 Å². The molecule has 0 aliphatic carbocycles. The van der Waals surface area contributed by atoms with Gasteiger partial charge in [-0.05, 0) is 67.3 Å². The summed E-state index contributed by atoms with van der Waals surface area (Å²) < 4.78 is 12.6. The van der Waals surface area contributed by atoms with E-state index in [1.165, 1.54) is 11.3 Å². The standard InChI is InChI=1S/C35H42N2O5/c1-5-6-8-11-24(2)33(36-28-16-14-27(15-17-28)35(40)37(4)21-20-32(38)39)34-25(3)30-22-29(18-19-31(30)42-34)41-23-26-12-9-7-10-13-26/h7,9-10,12-19,22,24,33,36H,5-6,8,11,20-21,23H2,1-4H3,(H,38,39). The van der Waals surface area contributed by atoms with Gasteiger partial charge >= 0.3 is 5.97 Å². The van der Waals surface area contributed by atoms with E-state index in [1.807, 2.05) is 42.5 Å². The number of rotatable bonds is 15. The van der Waals surface area contributed by atoms with Crippen LogP contribution in [0.25, 0.3) is 11.0 Å². The monoisotopic (exact) mass is 570 g/mol. The summed E-state index contributed by atoms with van der Waals surface area (Å²) in [5.41, 5.74) is 4.43. The third-order valence-corrected chi connectivity index (χ3v) is 7.77. The quantitative estimate of drug-likeness (QED) is 0.140. The Kier molecular flexibility index (Phi) is 10.7. The number of carbonyl (C=O) groups is 2. The molecule has 0 radical (unpaired) electrons. The number of hydrogen-bond acceptors (Lipinski definition) is 5. The van der Waals surface area contributed by atoms with Gasteiger partial charge in [-0.25, -0.2) is 0 Å². The summed E-state index contributed by atoms with van der Waals surface area (Å²) >= 11 is 0. The molecule has 0 saturated heterocycles. The Bertz CT molecular complexity index is 1460. The normalized spacial score (nSPS) is 12.6. The molecule has 42 heavy (non-hydrogen) atoms. The van der Waals surface area contributed by atoms with Crippen LogP contribution in [0, 0.1) is 12.8 Å². The summed E-state index contributed by atoms with van der Waals surface area (Å²) in [5.74, 6) is 0.877. The Hall–Kier alpha value is -4.26. The number of carbonyl (C=O) groups excluding carboxylic acids is 1. The lowest BCUT2D eigenvalue weighted by atomic mass is 9.91. The highest BCUT2D eigenvalue weighted by atomic mass is 16.5. The van der Waals surface area contributed by atoms with Crippen LogP contribution in [0.5, 0.6) is 5.75 Å². The van der Waals surface area contributed by atoms with Gasteiger partial charge in [-0.2, -0.15) is 0 Å². The average molecular weight is 571 g/mol. The van der Waals surface area contributed by atoms with Crippen LogP contribution in [0.1, 0.15) is 79.2 Å². The SMILES string of the molecule is CCCCCC(C)C(Nc1ccc(C(=O)N(C)CCC(=O)O)cc1)c1oc2ccc(OCc3ccccc3)cc2c1C. The third-order valence-electron chi connectivity index (χ3n) is 7.77. The first-order valence-electron chi connectivity index (χ1n) is 14.8. The van der Waals surface area contributed by atoms with E-state index in [-0.39, 0.29) is 24.9 Å². The lowest BCUT2D eigenvalue weighted by Crippen LogP contribution is -2.29. The zero-order valence-electron chi connectivity index (χ0n) is 25.1. The number of furan rings is 1. The first-order valence-corrected chi connectivity index (χ1v) is 14.8. The van der Waals surface area contributed by atoms with Gasteiger partial charge < -0.3 is 24.5 Å². The Balaban J connectivity index is 1.55. The van der Waals surface area contributed by atoms with Crippen molar-refractivity contribution < 1.29 is 23.8 Å². The average Bonchev–Trinajstić information content (AvgIpc) is 3.33. The molecule has 7 nitrogen and oxygen atoms in total. The molecule has 2 unspecified atom stereocenters. The lowest BCUT2D eigenvalue weighted by molar-refractivity contribution is -0.137. The molecule has 0 aliphatic heterocycles. The van der Waals surface area contributed by atoms with Crippen LogP contribution in [0.4, 0.5) is 5.69 Å². The topological polar surface area (TPSA) is 92.0 Å². The highest BCUT2D eigenvalue weighted by molar-refractivity contribution is 5.94. The minimum atomic E-state index is -0.926. The van der Waals surface area contributed by atoms with Gasteiger partial charge in [0, 0.05) is 35.8 Å². The van der Waals surface area contributed by atoms with Crippen molar-refractivity contribution in [1.29, 1.82) is 0 Å². The molecule has 1 aromatic heterocycles. The van der Waals surface area contributed by atoms with Crippen molar-refractivity contribution in [2.45, 2.75) is 65.5 Å². The number of amides is 1. The number of aryl methyl sites for hydroxylation is 1. The first-order chi connectivity index (χ1) is 20.3. The van der Waals surface area contributed by atoms with Gasteiger partial charge in [0.05, 0.1) is 12.5 Å². The summed E-state index contributed by atoms with van der Waals surface area (Å²) in [6, 6.07) is 23.4. The minimum absolute atomic E-state index is 0.0669. The second-order valence-electron chi connectivity index (χ2n) is 11.1. The minimum Gasteiger partial charge on any atom is -0.489 e. The number of ether oxygens (including phenoxy) is 1. The van der Waals surface area contributed by atoms with Crippen LogP contribution in [0.3, 0.4) is 0 Å². The number of carboxylic acid groups (broad SMARTS) is 1. The molecule has 1 amide bonds. The summed E-state index contributed by atoms with van der Waals surface area (Å²) in [6.45, 7) is 7.23. The fourth-order valence-electron chi connectivity index (χ4n) is 5.17. The Morgan fingerprint density at radius 3 is 2.45 bits per heavy atom. The van der Waals surface area contributed by atoms with Crippen LogP contribution in [0.15, 0.2) is 77.2 Å². The van der Waals surface area contributed by atoms with E-state index in [0.717, 1.165) is 58.6 Å². The molecular weight excluding hydrogens is 528 g/mol. The molecule has 0 bridgehead atoms. The van der Waals surface area contributed by atoms with Gasteiger partial charge in [-0.3, -0.25) is 9.59 Å². The molecule has 0 saturated carbocycles. The van der Waals surface area contributed by atoms with Crippen molar-refractivity contribution in [1.82, 2.24) is 4.90 Å². The molecule has 222 valence electrons. The zero-order chi connectivity index (χ0) is 30.1. The van der Waals surface area contributed by atoms with E-state index in [9.17, 15) is 9.59 Å². The van der Waals surface area contributed by atoms with Gasteiger partial charge in [0.15, 0.2) is 0 Å². The van der Waals surface area contributed by atoms with Gasteiger partial charge in [0.25, 0.3) is 5.91 Å². The summed E-state index contributed by atoms with van der Waals surface area (Å²) in [5, 5.41) is 13.7. The second kappa shape index (κ2) is 14.6. The summed E-state index contributed by atoms with van der Waals surface area (Å²) in [4.78, 5) is 25.1. The number of aliphatic carboxylic acids is 1. The predicted octanol–water partition coefficient (Wildman–Crippen LogP) is 8.24. The number of fused-ring (bicyclic) bond motifs is 1. The van der Waals surface area contributed by atoms with Gasteiger partial charge in [0.2, 0.25) is 0 Å². The fraction of sp³-hybridized carbons (Fsp3) is 0.371. The number of nitrogens with zero attached hydrogens (tertiary/aromatic N) is 1. The van der Waals surface area contributed by atoms with Gasteiger partial charge in [-0.1, -0.05) is 63.4 Å². The molecular formula is C35H42N2O5. The van der Waals surface area contributed by atoms with Crippen molar-refractivity contribution in [2.75, 3.05) is 18.9 Å². The van der Waals surface area contributed by atoms with Crippen molar-refractivity contribution in [2.24, 2.45) is 5.92 Å². The number of nitrogens with one attached hydrogen (secondary N) is 1. The molecule has 7 heteroatoms. The molecule has 1 heterocycles. The summed E-state index contributed by atoms with van der Waals surface area (Å²) in [6.07, 6.45) is 4.46. The maximum absolute atomic E-state index is 12.8. The zero-order valence-corrected chi connectivity index (χ0v) is 25.1. The number of carboxylic acids is 1. The molecule has 0 aliphatic rings. The van der Waals surface area contributed by atoms with Crippen LogP contribution in [-0.2, 0) is 11.4 Å². The maximum Gasteiger partial charge on any atom is 0.305 e. The molecule has 2 N–H and O–H groups in total. The molecule has 3 aromatic carbocycles. The van der Waals surface area contributed by atoms with Crippen LogP contribution >= 0.6 is 0 Å². The maximum atomic E-state index is 12.8. The largest absolute Gasteiger partial charge is 0.489 e. The van der Waals surface area contributed by atoms with E-state index in [4.69, 9.17) is 14.3 Å². The number of anilines is 1. The number of hydrogen-bond donors (Lipinski definition) is 2. The van der Waals surface area contributed by atoms with Crippen LogP contribution in [0.2, 0.25) is 0 Å². The number of unbranched alkanes of at least 4 members (excludes halogenated alkanes) is 2. The highest BCUT2D eigenvalue weighted by Crippen LogP contribution is 2.38. The van der Waals surface area contributed by atoms with Gasteiger partial charge in [0.1, 0.15) is 23.7 Å². The van der Waals surface area contributed by atoms with E-state index < -0.39 is 5.97 Å². The second-order valence-corrected chi connectivity index (χ2v) is 11.1. The van der Waals surface area contributed by atoms with E-state index in [0.29, 0.717) is 18.1 Å². The Morgan fingerprint density at radius 2 is 1.76 bits per heavy atom.